The smallest absolute Gasteiger partial charge is 0.337 e. The highest BCUT2D eigenvalue weighted by molar-refractivity contribution is 6.04. The average Bonchev–Trinajstić information content (AvgIpc) is 2.84. The van der Waals surface area contributed by atoms with E-state index in [0.29, 0.717) is 24.2 Å². The molecule has 1 N–H and O–H groups in total. The first kappa shape index (κ1) is 23.8. The Morgan fingerprint density at radius 2 is 1.74 bits per heavy atom. The van der Waals surface area contributed by atoms with Gasteiger partial charge in [-0.25, -0.2) is 4.79 Å². The fraction of sp³-hybridized carbons (Fsp3) is 0.379. The third kappa shape index (κ3) is 4.79. The lowest BCUT2D eigenvalue weighted by molar-refractivity contribution is -0.144. The van der Waals surface area contributed by atoms with Crippen molar-refractivity contribution in [3.63, 3.8) is 0 Å². The number of rotatable bonds is 7. The molecule has 3 atom stereocenters. The van der Waals surface area contributed by atoms with Gasteiger partial charge >= 0.3 is 5.97 Å². The molecule has 0 bridgehead atoms. The first-order chi connectivity index (χ1) is 16.4. The van der Waals surface area contributed by atoms with Crippen molar-refractivity contribution < 1.29 is 19.1 Å². The standard InChI is InChI=1S/C29H33NO4/c1-5-18(3)34-29(32)26-19(4)30-24-16-22(20-10-8-7-9-11-20)17-25(31)28(24)27(26)21-12-14-23(15-13-21)33-6-2/h7-15,18,22,27,30H,5-6,16-17H2,1-4H3/t18-,22-,27-/m0/s1. The van der Waals surface area contributed by atoms with Gasteiger partial charge in [0.2, 0.25) is 0 Å². The topological polar surface area (TPSA) is 64.6 Å². The number of dihydropyridines is 1. The molecule has 0 radical (unpaired) electrons. The molecular weight excluding hydrogens is 426 g/mol. The molecule has 0 saturated carbocycles. The second-order valence-corrected chi connectivity index (χ2v) is 9.05. The molecule has 5 heteroatoms. The first-order valence-electron chi connectivity index (χ1n) is 12.2. The summed E-state index contributed by atoms with van der Waals surface area (Å²) in [5, 5.41) is 3.42. The normalized spacial score (nSPS) is 21.0. The van der Waals surface area contributed by atoms with Gasteiger partial charge in [0.1, 0.15) is 5.75 Å². The van der Waals surface area contributed by atoms with Crippen LogP contribution in [-0.4, -0.2) is 24.5 Å². The molecule has 1 aliphatic heterocycles. The Morgan fingerprint density at radius 1 is 1.03 bits per heavy atom. The fourth-order valence-electron chi connectivity index (χ4n) is 4.86. The van der Waals surface area contributed by atoms with Crippen molar-refractivity contribution in [1.82, 2.24) is 5.32 Å². The van der Waals surface area contributed by atoms with Gasteiger partial charge in [0, 0.05) is 29.3 Å². The highest BCUT2D eigenvalue weighted by atomic mass is 16.5. The summed E-state index contributed by atoms with van der Waals surface area (Å²) in [6.45, 7) is 8.28. The maximum atomic E-state index is 13.6. The number of Topliss-reactive ketones (excluding diaryl/α,β-unsaturated/α-hetero) is 1. The number of esters is 1. The van der Waals surface area contributed by atoms with Crippen LogP contribution < -0.4 is 10.1 Å². The van der Waals surface area contributed by atoms with Gasteiger partial charge in [-0.2, -0.15) is 0 Å². The highest BCUT2D eigenvalue weighted by Crippen LogP contribution is 2.46. The van der Waals surface area contributed by atoms with Crippen LogP contribution in [0.3, 0.4) is 0 Å². The lowest BCUT2D eigenvalue weighted by Crippen LogP contribution is -2.36. The molecule has 34 heavy (non-hydrogen) atoms. The van der Waals surface area contributed by atoms with Gasteiger partial charge in [-0.3, -0.25) is 4.79 Å². The molecule has 0 fully saturated rings. The van der Waals surface area contributed by atoms with Crippen molar-refractivity contribution in [2.24, 2.45) is 0 Å². The number of carbonyl (C=O) groups is 2. The summed E-state index contributed by atoms with van der Waals surface area (Å²) in [5.41, 5.74) is 4.88. The second-order valence-electron chi connectivity index (χ2n) is 9.05. The predicted molar refractivity (Wildman–Crippen MR) is 132 cm³/mol. The van der Waals surface area contributed by atoms with E-state index in [1.807, 2.05) is 70.2 Å². The second kappa shape index (κ2) is 10.3. The Morgan fingerprint density at radius 3 is 2.38 bits per heavy atom. The van der Waals surface area contributed by atoms with Crippen LogP contribution in [-0.2, 0) is 14.3 Å². The number of hydrogen-bond donors (Lipinski definition) is 1. The Bertz CT molecular complexity index is 1110. The monoisotopic (exact) mass is 459 g/mol. The average molecular weight is 460 g/mol. The molecule has 2 aromatic carbocycles. The zero-order valence-corrected chi connectivity index (χ0v) is 20.4. The number of ketones is 1. The minimum Gasteiger partial charge on any atom is -0.494 e. The van der Waals surface area contributed by atoms with Crippen LogP contribution in [0, 0.1) is 0 Å². The zero-order chi connectivity index (χ0) is 24.2. The molecule has 2 aliphatic rings. The van der Waals surface area contributed by atoms with Crippen molar-refractivity contribution in [3.8, 4) is 5.75 Å². The van der Waals surface area contributed by atoms with Gasteiger partial charge < -0.3 is 14.8 Å². The van der Waals surface area contributed by atoms with E-state index in [9.17, 15) is 9.59 Å². The Kier molecular flexibility index (Phi) is 7.20. The van der Waals surface area contributed by atoms with E-state index in [0.717, 1.165) is 41.1 Å². The summed E-state index contributed by atoms with van der Waals surface area (Å²) in [4.78, 5) is 26.9. The van der Waals surface area contributed by atoms with Crippen LogP contribution in [0.4, 0.5) is 0 Å². The quantitative estimate of drug-likeness (QED) is 0.531. The van der Waals surface area contributed by atoms with Crippen molar-refractivity contribution in [2.45, 2.75) is 64.9 Å². The van der Waals surface area contributed by atoms with Gasteiger partial charge in [-0.15, -0.1) is 0 Å². The molecule has 0 unspecified atom stereocenters. The van der Waals surface area contributed by atoms with Gasteiger partial charge in [0.25, 0.3) is 0 Å². The summed E-state index contributed by atoms with van der Waals surface area (Å²) in [6.07, 6.45) is 1.67. The molecule has 0 amide bonds. The number of hydrogen-bond acceptors (Lipinski definition) is 5. The SMILES string of the molecule is CCOc1ccc([C@H]2C(C(=O)O[C@@H](C)CC)=C(C)NC3=C2C(=O)C[C@@H](c2ccccc2)C3)cc1. The van der Waals surface area contributed by atoms with Gasteiger partial charge in [0.05, 0.1) is 18.3 Å². The van der Waals surface area contributed by atoms with E-state index in [-0.39, 0.29) is 23.8 Å². The molecule has 0 saturated heterocycles. The number of benzene rings is 2. The van der Waals surface area contributed by atoms with Crippen LogP contribution in [0.25, 0.3) is 0 Å². The van der Waals surface area contributed by atoms with Gasteiger partial charge in [-0.1, -0.05) is 49.4 Å². The first-order valence-corrected chi connectivity index (χ1v) is 12.2. The van der Waals surface area contributed by atoms with E-state index in [4.69, 9.17) is 9.47 Å². The summed E-state index contributed by atoms with van der Waals surface area (Å²) < 4.78 is 11.3. The number of ether oxygens (including phenoxy) is 2. The van der Waals surface area contributed by atoms with Gasteiger partial charge in [-0.05, 0) is 62.8 Å². The molecule has 1 aliphatic carbocycles. The molecule has 1 heterocycles. The molecule has 0 spiro atoms. The largest absolute Gasteiger partial charge is 0.494 e. The lowest BCUT2D eigenvalue weighted by Gasteiger charge is -2.37. The zero-order valence-electron chi connectivity index (χ0n) is 20.4. The highest BCUT2D eigenvalue weighted by Gasteiger charge is 2.41. The third-order valence-corrected chi connectivity index (χ3v) is 6.73. The molecule has 178 valence electrons. The summed E-state index contributed by atoms with van der Waals surface area (Å²) in [5.74, 6) is 0.110. The Labute approximate surface area is 201 Å². The number of carbonyl (C=O) groups excluding carboxylic acids is 2. The third-order valence-electron chi connectivity index (χ3n) is 6.73. The van der Waals surface area contributed by atoms with Crippen LogP contribution >= 0.6 is 0 Å². The maximum absolute atomic E-state index is 13.6. The predicted octanol–water partition coefficient (Wildman–Crippen LogP) is 5.79. The minimum absolute atomic E-state index is 0.0721. The minimum atomic E-state index is -0.465. The van der Waals surface area contributed by atoms with E-state index < -0.39 is 5.92 Å². The van der Waals surface area contributed by atoms with E-state index in [1.165, 1.54) is 0 Å². The number of nitrogens with one attached hydrogen (secondary N) is 1. The maximum Gasteiger partial charge on any atom is 0.337 e. The van der Waals surface area contributed by atoms with Crippen LogP contribution in [0.2, 0.25) is 0 Å². The van der Waals surface area contributed by atoms with Crippen molar-refractivity contribution in [1.29, 1.82) is 0 Å². The molecule has 5 nitrogen and oxygen atoms in total. The summed E-state index contributed by atoms with van der Waals surface area (Å²) >= 11 is 0. The van der Waals surface area contributed by atoms with Gasteiger partial charge in [0.15, 0.2) is 5.78 Å². The molecular formula is C29H33NO4. The number of allylic oxidation sites excluding steroid dienone is 3. The summed E-state index contributed by atoms with van der Waals surface area (Å²) in [6, 6.07) is 17.9. The van der Waals surface area contributed by atoms with Crippen LogP contribution in [0.5, 0.6) is 5.75 Å². The van der Waals surface area contributed by atoms with Crippen molar-refractivity contribution in [3.05, 3.63) is 88.3 Å². The fourth-order valence-corrected chi connectivity index (χ4v) is 4.86. The van der Waals surface area contributed by atoms with E-state index >= 15 is 0 Å². The lowest BCUT2D eigenvalue weighted by atomic mass is 9.71. The van der Waals surface area contributed by atoms with Crippen LogP contribution in [0.15, 0.2) is 77.1 Å². The molecule has 0 aromatic heterocycles. The van der Waals surface area contributed by atoms with E-state index in [1.54, 1.807) is 0 Å². The molecule has 4 rings (SSSR count). The Balaban J connectivity index is 1.76. The van der Waals surface area contributed by atoms with E-state index in [2.05, 4.69) is 17.4 Å². The van der Waals surface area contributed by atoms with Crippen molar-refractivity contribution in [2.75, 3.05) is 6.61 Å². The molecule has 2 aromatic rings. The summed E-state index contributed by atoms with van der Waals surface area (Å²) in [7, 11) is 0. The van der Waals surface area contributed by atoms with Crippen molar-refractivity contribution >= 4 is 11.8 Å². The van der Waals surface area contributed by atoms with Crippen LogP contribution in [0.1, 0.15) is 69.9 Å². The Hall–Kier alpha value is -3.34.